The van der Waals surface area contributed by atoms with Crippen molar-refractivity contribution in [2.24, 2.45) is 10.9 Å². The molecule has 0 aliphatic carbocycles. The van der Waals surface area contributed by atoms with Crippen LogP contribution in [0, 0.1) is 0 Å². The quantitative estimate of drug-likeness (QED) is 0.0626. The number of nitrogens with two attached hydrogens (primary N) is 2. The molecule has 0 unspecified atom stereocenters. The van der Waals surface area contributed by atoms with E-state index in [9.17, 15) is 40.8 Å². The predicted octanol–water partition coefficient (Wildman–Crippen LogP) is -2.70. The number of thiazole rings is 1. The summed E-state index contributed by atoms with van der Waals surface area (Å²) in [5.74, 6) is -4.02. The molecular weight excluding hydrogens is 672 g/mol. The molecule has 0 radical (unpaired) electrons. The summed E-state index contributed by atoms with van der Waals surface area (Å²) in [7, 11) is -9.51. The highest BCUT2D eigenvalue weighted by Gasteiger charge is 2.52. The van der Waals surface area contributed by atoms with Crippen LogP contribution in [0.2, 0.25) is 0 Å². The number of β-lactam (4-membered cyclic amide) rings is 1. The molecule has 8 N–H and O–H groups in total. The molecule has 250 valence electrons. The number of hydroxylamine groups is 2. The number of carboxylic acid groups (broad SMARTS) is 1. The Morgan fingerprint density at radius 3 is 2.27 bits per heavy atom. The van der Waals surface area contributed by atoms with Crippen LogP contribution in [0.5, 0.6) is 0 Å². The number of nitrogens with zero attached hydrogens (tertiary/aromatic N) is 5. The summed E-state index contributed by atoms with van der Waals surface area (Å²) < 4.78 is 65.3. The topological polar surface area (TPSA) is 332 Å². The van der Waals surface area contributed by atoms with Crippen molar-refractivity contribution in [2.75, 3.05) is 12.3 Å². The molecule has 4 heterocycles. The molecule has 0 spiro atoms. The van der Waals surface area contributed by atoms with Gasteiger partial charge in [-0.05, 0) is 33.6 Å². The van der Waals surface area contributed by atoms with E-state index < -0.39 is 85.9 Å². The number of carboxylic acids is 1. The third kappa shape index (κ3) is 7.92. The second kappa shape index (κ2) is 12.7. The van der Waals surface area contributed by atoms with E-state index in [4.69, 9.17) is 30.5 Å². The molecule has 1 aromatic heterocycles. The van der Waals surface area contributed by atoms with Gasteiger partial charge in [-0.1, -0.05) is 5.16 Å². The predicted molar refractivity (Wildman–Crippen MR) is 148 cm³/mol. The number of anilines is 1. The first-order chi connectivity index (χ1) is 20.5. The molecule has 3 aliphatic rings. The molecule has 0 aromatic carbocycles. The normalized spacial score (nSPS) is 23.6. The molecule has 25 heteroatoms. The van der Waals surface area contributed by atoms with Crippen molar-refractivity contribution >= 4 is 72.6 Å². The molecule has 5 amide bonds. The van der Waals surface area contributed by atoms with E-state index in [0.29, 0.717) is 17.9 Å². The zero-order valence-corrected chi connectivity index (χ0v) is 25.9. The average Bonchev–Trinajstić information content (AvgIpc) is 3.42. The van der Waals surface area contributed by atoms with Crippen LogP contribution in [0.3, 0.4) is 0 Å². The Balaban J connectivity index is 0.000000276. The van der Waals surface area contributed by atoms with Gasteiger partial charge >= 0.3 is 32.7 Å². The van der Waals surface area contributed by atoms with Gasteiger partial charge in [-0.3, -0.25) is 23.5 Å². The van der Waals surface area contributed by atoms with E-state index in [0.717, 1.165) is 16.2 Å². The molecule has 3 fully saturated rings. The summed E-state index contributed by atoms with van der Waals surface area (Å²) in [6.07, 6.45) is 0.725. The minimum atomic E-state index is -4.76. The Bertz CT molecular complexity index is 1640. The second-order valence-corrected chi connectivity index (χ2v) is 13.3. The number of urea groups is 1. The van der Waals surface area contributed by atoms with Crippen molar-refractivity contribution in [2.45, 2.75) is 63.4 Å². The number of rotatable bonds is 10. The van der Waals surface area contributed by atoms with Crippen molar-refractivity contribution in [1.29, 1.82) is 0 Å². The molecule has 1 aromatic rings. The number of hydrogen-bond acceptors (Lipinski definition) is 15. The standard InChI is InChI=1S/C13H17N5O8S2.C7H11N3O6S/c1-5-7(10(20)18(5)28(23,24)25)16-9(19)8(6-4-27-12(14)15-6)17-26-13(2,3)11(21)22;8-6(11)5-2-1-4-3-9(5)7(12)10(4)16-17(13,14)15/h4-5,7H,1-3H3,(H2,14,15)(H,16,19)(H,21,22)(H,23,24,25);4-5H,1-3H2,(H2,8,11)(H,13,14,15)/b17-8-;/t5-,7-;4-,5+/m01/s1. The average molecular weight is 701 g/mol. The maximum atomic E-state index is 12.6. The first kappa shape index (κ1) is 35.3. The lowest BCUT2D eigenvalue weighted by Gasteiger charge is -2.42. The highest BCUT2D eigenvalue weighted by Crippen LogP contribution is 2.30. The van der Waals surface area contributed by atoms with E-state index in [1.807, 2.05) is 0 Å². The Kier molecular flexibility index (Phi) is 9.95. The number of primary amides is 1. The minimum Gasteiger partial charge on any atom is -0.478 e. The number of oxime groups is 1. The van der Waals surface area contributed by atoms with Gasteiger partial charge in [0.05, 0.1) is 12.1 Å². The third-order valence-corrected chi connectivity index (χ3v) is 8.59. The molecule has 45 heavy (non-hydrogen) atoms. The SMILES string of the molecule is C[C@H]1[C@H](NC(=O)/C(=N\OC(C)(C)C(=O)O)c2csc(N)n2)C(=O)N1S(=O)(=O)O.NC(=O)[C@@H]1CC[C@@H]2CN1C(=O)N2OS(=O)(=O)O. The third-order valence-electron chi connectivity index (χ3n) is 6.56. The number of piperidine rings is 1. The molecule has 3 saturated heterocycles. The number of nitrogens with one attached hydrogen (secondary N) is 1. The number of hydrogen-bond donors (Lipinski definition) is 6. The number of carbonyl (C=O) groups excluding carboxylic acids is 4. The number of nitrogen functional groups attached to an aromatic ring is 1. The molecule has 2 bridgehead atoms. The monoisotopic (exact) mass is 700 g/mol. The number of amides is 5. The summed E-state index contributed by atoms with van der Waals surface area (Å²) in [5, 5.41) is 16.9. The van der Waals surface area contributed by atoms with Crippen LogP contribution in [0.1, 0.15) is 39.3 Å². The molecule has 4 atom stereocenters. The van der Waals surface area contributed by atoms with E-state index in [2.05, 4.69) is 19.7 Å². The lowest BCUT2D eigenvalue weighted by atomic mass is 10.0. The van der Waals surface area contributed by atoms with Crippen LogP contribution < -0.4 is 16.8 Å². The van der Waals surface area contributed by atoms with Gasteiger partial charge in [-0.25, -0.2) is 18.9 Å². The zero-order valence-electron chi connectivity index (χ0n) is 23.5. The Hall–Kier alpha value is -4.17. The van der Waals surface area contributed by atoms with Crippen molar-refractivity contribution in [3.8, 4) is 0 Å². The van der Waals surface area contributed by atoms with Crippen molar-refractivity contribution < 1.29 is 64.1 Å². The number of aromatic nitrogens is 1. The number of carbonyl (C=O) groups is 5. The van der Waals surface area contributed by atoms with Crippen LogP contribution in [-0.2, 0) is 49.0 Å². The first-order valence-corrected chi connectivity index (χ1v) is 16.1. The van der Waals surface area contributed by atoms with E-state index in [1.54, 1.807) is 0 Å². The maximum absolute atomic E-state index is 12.6. The van der Waals surface area contributed by atoms with Gasteiger partial charge in [0.15, 0.2) is 10.8 Å². The van der Waals surface area contributed by atoms with Gasteiger partial charge in [0.2, 0.25) is 11.5 Å². The first-order valence-electron chi connectivity index (χ1n) is 12.4. The van der Waals surface area contributed by atoms with Crippen LogP contribution in [0.25, 0.3) is 0 Å². The number of fused-ring (bicyclic) bond motifs is 2. The van der Waals surface area contributed by atoms with Gasteiger partial charge < -0.3 is 31.6 Å². The lowest BCUT2D eigenvalue weighted by molar-refractivity contribution is -0.161. The van der Waals surface area contributed by atoms with Crippen molar-refractivity contribution in [3.05, 3.63) is 11.1 Å². The Morgan fingerprint density at radius 1 is 1.18 bits per heavy atom. The van der Waals surface area contributed by atoms with Gasteiger partial charge in [0, 0.05) is 11.9 Å². The van der Waals surface area contributed by atoms with Crippen LogP contribution in [0.4, 0.5) is 9.93 Å². The minimum absolute atomic E-state index is 0.0350. The fraction of sp³-hybridized carbons (Fsp3) is 0.550. The van der Waals surface area contributed by atoms with Gasteiger partial charge in [0.25, 0.3) is 11.8 Å². The van der Waals surface area contributed by atoms with Crippen LogP contribution in [-0.4, -0.2) is 122 Å². The summed E-state index contributed by atoms with van der Waals surface area (Å²) in [5.41, 5.74) is 8.38. The van der Waals surface area contributed by atoms with Crippen molar-refractivity contribution in [1.82, 2.24) is 24.6 Å². The highest BCUT2D eigenvalue weighted by atomic mass is 32.3. The van der Waals surface area contributed by atoms with E-state index in [-0.39, 0.29) is 21.7 Å². The summed E-state index contributed by atoms with van der Waals surface area (Å²) in [6.45, 7) is 3.85. The van der Waals surface area contributed by atoms with Gasteiger partial charge in [-0.15, -0.1) is 15.6 Å². The Morgan fingerprint density at radius 2 is 1.80 bits per heavy atom. The van der Waals surface area contributed by atoms with E-state index in [1.165, 1.54) is 26.2 Å². The second-order valence-electron chi connectivity index (χ2n) is 10.1. The van der Waals surface area contributed by atoms with Crippen LogP contribution in [0.15, 0.2) is 10.5 Å². The van der Waals surface area contributed by atoms with Crippen molar-refractivity contribution in [3.63, 3.8) is 0 Å². The number of aliphatic carboxylic acids is 1. The maximum Gasteiger partial charge on any atom is 0.418 e. The smallest absolute Gasteiger partial charge is 0.418 e. The van der Waals surface area contributed by atoms with Gasteiger partial charge in [0.1, 0.15) is 17.8 Å². The van der Waals surface area contributed by atoms with E-state index >= 15 is 0 Å². The zero-order chi connectivity index (χ0) is 34.2. The molecular formula is C20H28N8O14S3. The fourth-order valence-electron chi connectivity index (χ4n) is 4.24. The molecule has 0 saturated carbocycles. The summed E-state index contributed by atoms with van der Waals surface area (Å²) >= 11 is 0.980. The molecule has 22 nitrogen and oxygen atoms in total. The molecule has 4 rings (SSSR count). The Labute approximate surface area is 258 Å². The van der Waals surface area contributed by atoms with Gasteiger partial charge in [-0.2, -0.15) is 21.9 Å². The van der Waals surface area contributed by atoms with Crippen LogP contribution >= 0.6 is 11.3 Å². The summed E-state index contributed by atoms with van der Waals surface area (Å²) in [6, 6.07) is -4.35. The summed E-state index contributed by atoms with van der Waals surface area (Å²) in [4.78, 5) is 68.3. The molecule has 3 aliphatic heterocycles. The highest BCUT2D eigenvalue weighted by molar-refractivity contribution is 7.84. The largest absolute Gasteiger partial charge is 0.478 e. The lowest BCUT2D eigenvalue weighted by Crippen LogP contribution is -2.71. The fourth-order valence-corrected chi connectivity index (χ4v) is 6.06.